The van der Waals surface area contributed by atoms with Gasteiger partial charge in [0.05, 0.1) is 5.75 Å². The van der Waals surface area contributed by atoms with Crippen LogP contribution in [-0.2, 0) is 24.3 Å². The zero-order valence-corrected chi connectivity index (χ0v) is 14.7. The lowest BCUT2D eigenvalue weighted by Crippen LogP contribution is -2.42. The number of hydrogen-bond donors (Lipinski definition) is 1. The highest BCUT2D eigenvalue weighted by atomic mass is 32.2. The van der Waals surface area contributed by atoms with Crippen molar-refractivity contribution in [2.24, 2.45) is 10.3 Å². The minimum atomic E-state index is -3.60. The van der Waals surface area contributed by atoms with Gasteiger partial charge in [0.15, 0.2) is 11.9 Å². The van der Waals surface area contributed by atoms with E-state index in [1.54, 1.807) is 17.2 Å². The number of hydrogen-bond acceptors (Lipinski definition) is 6. The highest BCUT2D eigenvalue weighted by Crippen LogP contribution is 2.19. The van der Waals surface area contributed by atoms with Gasteiger partial charge in [-0.05, 0) is 25.0 Å². The van der Waals surface area contributed by atoms with Crippen molar-refractivity contribution in [2.45, 2.75) is 26.9 Å². The lowest BCUT2D eigenvalue weighted by molar-refractivity contribution is -0.150. The van der Waals surface area contributed by atoms with Crippen LogP contribution in [0.2, 0.25) is 0 Å². The first-order valence-electron chi connectivity index (χ1n) is 7.66. The molecule has 1 atom stereocenters. The van der Waals surface area contributed by atoms with Gasteiger partial charge in [0.2, 0.25) is 0 Å². The minimum absolute atomic E-state index is 0.0179. The van der Waals surface area contributed by atoms with Gasteiger partial charge in [-0.2, -0.15) is 0 Å². The summed E-state index contributed by atoms with van der Waals surface area (Å²) >= 11 is 0. The second-order valence-corrected chi connectivity index (χ2v) is 7.76. The molecule has 0 saturated carbocycles. The molecule has 0 aromatic rings. The van der Waals surface area contributed by atoms with E-state index in [9.17, 15) is 18.0 Å². The molecule has 0 radical (unpaired) electrons. The Morgan fingerprint density at radius 1 is 1.38 bits per heavy atom. The number of ether oxygens (including phenoxy) is 1. The van der Waals surface area contributed by atoms with E-state index in [0.29, 0.717) is 6.54 Å². The molecule has 2 aliphatic rings. The summed E-state index contributed by atoms with van der Waals surface area (Å²) in [5, 5.41) is 2.67. The number of carbonyl (C=O) groups excluding carboxylic acids is 2. The first kappa shape index (κ1) is 18.2. The summed E-state index contributed by atoms with van der Waals surface area (Å²) in [4.78, 5) is 25.8. The van der Waals surface area contributed by atoms with E-state index >= 15 is 0 Å². The number of fused-ring (bicyclic) bond motifs is 1. The van der Waals surface area contributed by atoms with Gasteiger partial charge in [-0.15, -0.1) is 4.40 Å². The molecule has 1 amide bonds. The molecule has 9 heteroatoms. The van der Waals surface area contributed by atoms with Gasteiger partial charge in [-0.25, -0.2) is 13.2 Å². The van der Waals surface area contributed by atoms with Crippen LogP contribution in [0, 0.1) is 5.92 Å². The molecule has 132 valence electrons. The number of carbonyl (C=O) groups is 2. The summed E-state index contributed by atoms with van der Waals surface area (Å²) in [6.45, 7) is 6.06. The molecular weight excluding hydrogens is 334 g/mol. The average Bonchev–Trinajstić information content (AvgIpc) is 2.50. The fraction of sp³-hybridized carbons (Fsp3) is 0.533. The van der Waals surface area contributed by atoms with Crippen LogP contribution in [0.25, 0.3) is 0 Å². The van der Waals surface area contributed by atoms with E-state index < -0.39 is 28.0 Å². The number of sulfonamides is 1. The predicted octanol–water partition coefficient (Wildman–Crippen LogP) is 0.188. The Kier molecular flexibility index (Phi) is 5.43. The second kappa shape index (κ2) is 7.16. The van der Waals surface area contributed by atoms with Gasteiger partial charge in [-0.3, -0.25) is 4.79 Å². The summed E-state index contributed by atoms with van der Waals surface area (Å²) in [5.74, 6) is -0.995. The average molecular weight is 355 g/mol. The van der Waals surface area contributed by atoms with Crippen molar-refractivity contribution in [1.29, 1.82) is 0 Å². The number of nitrogens with one attached hydrogen (secondary N) is 1. The zero-order chi connectivity index (χ0) is 17.9. The van der Waals surface area contributed by atoms with E-state index in [-0.39, 0.29) is 29.6 Å². The standard InChI is InChI=1S/C15H21N3O5S/c1-10(2)9-16-14(19)11(3)23-15(20)12-5-4-6-18-7-8-24(21,22)17-13(12)18/h4-6,10-11H,7-9H2,1-3H3,(H,16,19)/t11-/m0/s1. The van der Waals surface area contributed by atoms with Crippen LogP contribution in [0.1, 0.15) is 20.8 Å². The van der Waals surface area contributed by atoms with Crippen LogP contribution in [0.5, 0.6) is 0 Å². The molecule has 8 nitrogen and oxygen atoms in total. The number of rotatable bonds is 5. The van der Waals surface area contributed by atoms with Crippen LogP contribution in [0.3, 0.4) is 0 Å². The van der Waals surface area contributed by atoms with E-state index in [4.69, 9.17) is 4.74 Å². The number of amidine groups is 1. The summed E-state index contributed by atoms with van der Waals surface area (Å²) in [5.41, 5.74) is 0.0179. The molecule has 0 bridgehead atoms. The largest absolute Gasteiger partial charge is 0.449 e. The molecule has 2 rings (SSSR count). The van der Waals surface area contributed by atoms with Gasteiger partial charge < -0.3 is 15.0 Å². The maximum absolute atomic E-state index is 12.3. The van der Waals surface area contributed by atoms with E-state index in [1.165, 1.54) is 13.0 Å². The van der Waals surface area contributed by atoms with Crippen LogP contribution >= 0.6 is 0 Å². The van der Waals surface area contributed by atoms with Gasteiger partial charge in [-0.1, -0.05) is 13.8 Å². The monoisotopic (exact) mass is 355 g/mol. The molecule has 1 N–H and O–H groups in total. The molecule has 0 unspecified atom stereocenters. The highest BCUT2D eigenvalue weighted by Gasteiger charge is 2.32. The first-order valence-corrected chi connectivity index (χ1v) is 9.27. The minimum Gasteiger partial charge on any atom is -0.449 e. The Hall–Kier alpha value is -2.16. The Morgan fingerprint density at radius 3 is 2.75 bits per heavy atom. The zero-order valence-electron chi connectivity index (χ0n) is 13.9. The van der Waals surface area contributed by atoms with Crippen LogP contribution in [-0.4, -0.2) is 56.0 Å². The fourth-order valence-corrected chi connectivity index (χ4v) is 3.09. The summed E-state index contributed by atoms with van der Waals surface area (Å²) in [6.07, 6.45) is 3.69. The predicted molar refractivity (Wildman–Crippen MR) is 88.6 cm³/mol. The maximum atomic E-state index is 12.3. The van der Waals surface area contributed by atoms with Gasteiger partial charge in [0.25, 0.3) is 15.9 Å². The third kappa shape index (κ3) is 4.44. The number of amides is 1. The number of allylic oxidation sites excluding steroid dienone is 2. The molecule has 0 aromatic heterocycles. The van der Waals surface area contributed by atoms with Crippen LogP contribution in [0.4, 0.5) is 0 Å². The Bertz CT molecular complexity index is 721. The second-order valence-electron chi connectivity index (χ2n) is 6.00. The maximum Gasteiger partial charge on any atom is 0.342 e. The van der Waals surface area contributed by atoms with Crippen molar-refractivity contribution < 1.29 is 22.7 Å². The van der Waals surface area contributed by atoms with Crippen LogP contribution in [0.15, 0.2) is 28.3 Å². The van der Waals surface area contributed by atoms with Crippen molar-refractivity contribution in [3.63, 3.8) is 0 Å². The summed E-state index contributed by atoms with van der Waals surface area (Å²) in [7, 11) is -3.60. The summed E-state index contributed by atoms with van der Waals surface area (Å²) < 4.78 is 32.1. The number of nitrogens with zero attached hydrogens (tertiary/aromatic N) is 2. The first-order chi connectivity index (χ1) is 11.2. The SMILES string of the molecule is CC(C)CNC(=O)[C@H](C)OC(=O)C1=CC=CN2CCS(=O)(=O)N=C12. The van der Waals surface area contributed by atoms with Crippen molar-refractivity contribution in [3.05, 3.63) is 23.9 Å². The van der Waals surface area contributed by atoms with Crippen molar-refractivity contribution in [2.75, 3.05) is 18.8 Å². The molecule has 0 aliphatic carbocycles. The molecule has 24 heavy (non-hydrogen) atoms. The Morgan fingerprint density at radius 2 is 2.08 bits per heavy atom. The normalized spacial score (nSPS) is 19.9. The van der Waals surface area contributed by atoms with Gasteiger partial charge in [0.1, 0.15) is 5.57 Å². The lowest BCUT2D eigenvalue weighted by atomic mass is 10.1. The topological polar surface area (TPSA) is 105 Å². The molecule has 0 saturated heterocycles. The summed E-state index contributed by atoms with van der Waals surface area (Å²) in [6, 6.07) is 0. The fourth-order valence-electron chi connectivity index (χ4n) is 2.10. The lowest BCUT2D eigenvalue weighted by Gasteiger charge is -2.28. The smallest absolute Gasteiger partial charge is 0.342 e. The van der Waals surface area contributed by atoms with E-state index in [0.717, 1.165) is 0 Å². The number of esters is 1. The highest BCUT2D eigenvalue weighted by molar-refractivity contribution is 7.90. The molecule has 2 heterocycles. The van der Waals surface area contributed by atoms with Crippen molar-refractivity contribution >= 4 is 27.7 Å². The quantitative estimate of drug-likeness (QED) is 0.706. The third-order valence-electron chi connectivity index (χ3n) is 3.42. The van der Waals surface area contributed by atoms with Gasteiger partial charge in [0, 0.05) is 19.3 Å². The molecule has 0 fully saturated rings. The molecular formula is C15H21N3O5S. The molecule has 0 spiro atoms. The Labute approximate surface area is 141 Å². The van der Waals surface area contributed by atoms with Crippen molar-refractivity contribution in [1.82, 2.24) is 10.2 Å². The van der Waals surface area contributed by atoms with E-state index in [1.807, 2.05) is 13.8 Å². The third-order valence-corrected chi connectivity index (χ3v) is 4.56. The van der Waals surface area contributed by atoms with E-state index in [2.05, 4.69) is 9.71 Å². The molecule has 0 aromatic carbocycles. The van der Waals surface area contributed by atoms with Crippen molar-refractivity contribution in [3.8, 4) is 0 Å². The van der Waals surface area contributed by atoms with Crippen LogP contribution < -0.4 is 5.32 Å². The van der Waals surface area contributed by atoms with Gasteiger partial charge >= 0.3 is 5.97 Å². The molecule has 2 aliphatic heterocycles. The Balaban J connectivity index is 2.09.